The lowest BCUT2D eigenvalue weighted by Gasteiger charge is -2.09. The van der Waals surface area contributed by atoms with E-state index in [1.165, 1.54) is 36.4 Å². The molecule has 2 amide bonds. The van der Waals surface area contributed by atoms with Gasteiger partial charge in [0, 0.05) is 6.54 Å². The summed E-state index contributed by atoms with van der Waals surface area (Å²) in [4.78, 5) is 24.5. The number of halogens is 2. The third-order valence-corrected chi connectivity index (χ3v) is 5.02. The first kappa shape index (κ1) is 22.2. The van der Waals surface area contributed by atoms with Gasteiger partial charge in [-0.15, -0.1) is 16.8 Å². The third-order valence-electron chi connectivity index (χ3n) is 4.05. The SMILES string of the molecule is C=CCn1c(CC(=O)Nc2ccccc2F)nnc1SCC(=O)Nc1ccccc1F. The summed E-state index contributed by atoms with van der Waals surface area (Å²) in [5.74, 6) is -1.64. The summed E-state index contributed by atoms with van der Waals surface area (Å²) in [5.41, 5.74) is 0.160. The number of carbonyl (C=O) groups excluding carboxylic acids is 2. The molecule has 0 aliphatic heterocycles. The number of nitrogens with zero attached hydrogens (tertiary/aromatic N) is 3. The molecule has 2 aromatic carbocycles. The van der Waals surface area contributed by atoms with E-state index in [1.54, 1.807) is 22.8 Å². The van der Waals surface area contributed by atoms with Crippen LogP contribution >= 0.6 is 11.8 Å². The Hall–Kier alpha value is -3.53. The second kappa shape index (κ2) is 10.5. The smallest absolute Gasteiger partial charge is 0.234 e. The molecule has 1 heterocycles. The molecule has 160 valence electrons. The van der Waals surface area contributed by atoms with Crippen molar-refractivity contribution in [1.82, 2.24) is 14.8 Å². The fraction of sp³-hybridized carbons (Fsp3) is 0.143. The number of hydrogen-bond donors (Lipinski definition) is 2. The summed E-state index contributed by atoms with van der Waals surface area (Å²) in [6.45, 7) is 3.99. The van der Waals surface area contributed by atoms with Crippen molar-refractivity contribution in [1.29, 1.82) is 0 Å². The predicted octanol–water partition coefficient (Wildman–Crippen LogP) is 3.65. The van der Waals surface area contributed by atoms with Gasteiger partial charge in [0.1, 0.15) is 17.5 Å². The molecular weight excluding hydrogens is 424 g/mol. The number of anilines is 2. The molecule has 2 N–H and O–H groups in total. The molecule has 10 heteroatoms. The number of carbonyl (C=O) groups is 2. The van der Waals surface area contributed by atoms with E-state index >= 15 is 0 Å². The number of benzene rings is 2. The molecule has 0 bridgehead atoms. The van der Waals surface area contributed by atoms with Crippen LogP contribution < -0.4 is 10.6 Å². The first-order chi connectivity index (χ1) is 15.0. The van der Waals surface area contributed by atoms with Gasteiger partial charge in [-0.05, 0) is 24.3 Å². The minimum atomic E-state index is -0.541. The third kappa shape index (κ3) is 5.98. The monoisotopic (exact) mass is 443 g/mol. The molecule has 1 aromatic heterocycles. The van der Waals surface area contributed by atoms with Crippen LogP contribution in [-0.4, -0.2) is 32.3 Å². The van der Waals surface area contributed by atoms with E-state index in [0.29, 0.717) is 17.5 Å². The van der Waals surface area contributed by atoms with Gasteiger partial charge < -0.3 is 15.2 Å². The zero-order chi connectivity index (χ0) is 22.2. The molecular formula is C21H19F2N5O2S. The van der Waals surface area contributed by atoms with Gasteiger partial charge in [-0.25, -0.2) is 8.78 Å². The molecule has 0 atom stereocenters. The molecule has 0 spiro atoms. The van der Waals surface area contributed by atoms with Crippen LogP contribution in [0.1, 0.15) is 5.82 Å². The van der Waals surface area contributed by atoms with Crippen molar-refractivity contribution in [3.05, 3.63) is 78.6 Å². The van der Waals surface area contributed by atoms with Crippen LogP contribution in [0.4, 0.5) is 20.2 Å². The molecule has 0 aliphatic rings. The summed E-state index contributed by atoms with van der Waals surface area (Å²) in [5, 5.41) is 13.4. The standard InChI is InChI=1S/C21H19F2N5O2S/c1-2-11-28-18(12-19(29)24-16-9-5-3-7-14(16)22)26-27-21(28)31-13-20(30)25-17-10-6-4-8-15(17)23/h2-10H,1,11-13H2,(H,24,29)(H,25,30). The Morgan fingerprint density at radius 3 is 2.13 bits per heavy atom. The van der Waals surface area contributed by atoms with Crippen molar-refractivity contribution in [2.45, 2.75) is 18.1 Å². The Bertz CT molecular complexity index is 1100. The minimum Gasteiger partial charge on any atom is -0.323 e. The molecule has 3 aromatic rings. The van der Waals surface area contributed by atoms with Crippen molar-refractivity contribution in [2.24, 2.45) is 0 Å². The molecule has 0 saturated heterocycles. The highest BCUT2D eigenvalue weighted by Crippen LogP contribution is 2.20. The average Bonchev–Trinajstić information content (AvgIpc) is 3.11. The van der Waals surface area contributed by atoms with Gasteiger partial charge in [0.15, 0.2) is 5.16 Å². The molecule has 0 fully saturated rings. The number of amides is 2. The normalized spacial score (nSPS) is 10.5. The Balaban J connectivity index is 1.63. The van der Waals surface area contributed by atoms with E-state index in [2.05, 4.69) is 27.4 Å². The van der Waals surface area contributed by atoms with Crippen molar-refractivity contribution in [2.75, 3.05) is 16.4 Å². The van der Waals surface area contributed by atoms with Gasteiger partial charge in [-0.1, -0.05) is 42.1 Å². The maximum Gasteiger partial charge on any atom is 0.234 e. The highest BCUT2D eigenvalue weighted by atomic mass is 32.2. The van der Waals surface area contributed by atoms with Crippen molar-refractivity contribution < 1.29 is 18.4 Å². The maximum absolute atomic E-state index is 13.7. The molecule has 7 nitrogen and oxygen atoms in total. The summed E-state index contributed by atoms with van der Waals surface area (Å²) in [7, 11) is 0. The molecule has 0 radical (unpaired) electrons. The topological polar surface area (TPSA) is 88.9 Å². The molecule has 3 rings (SSSR count). The molecule has 0 unspecified atom stereocenters. The molecule has 0 aliphatic carbocycles. The summed E-state index contributed by atoms with van der Waals surface area (Å²) < 4.78 is 29.0. The van der Waals surface area contributed by atoms with Gasteiger partial charge in [0.2, 0.25) is 11.8 Å². The van der Waals surface area contributed by atoms with Crippen LogP contribution in [0.25, 0.3) is 0 Å². The van der Waals surface area contributed by atoms with Crippen LogP contribution in [0.2, 0.25) is 0 Å². The molecule has 31 heavy (non-hydrogen) atoms. The van der Waals surface area contributed by atoms with Crippen molar-refractivity contribution in [3.63, 3.8) is 0 Å². The minimum absolute atomic E-state index is 0.0367. The van der Waals surface area contributed by atoms with Crippen LogP contribution in [0.15, 0.2) is 66.3 Å². The van der Waals surface area contributed by atoms with E-state index < -0.39 is 23.4 Å². The first-order valence-corrected chi connectivity index (χ1v) is 10.2. The summed E-state index contributed by atoms with van der Waals surface area (Å²) >= 11 is 1.09. The first-order valence-electron chi connectivity index (χ1n) is 9.22. The van der Waals surface area contributed by atoms with Crippen LogP contribution in [0.3, 0.4) is 0 Å². The maximum atomic E-state index is 13.7. The van der Waals surface area contributed by atoms with Crippen LogP contribution in [0.5, 0.6) is 0 Å². The highest BCUT2D eigenvalue weighted by Gasteiger charge is 2.17. The predicted molar refractivity (Wildman–Crippen MR) is 115 cm³/mol. The summed E-state index contributed by atoms with van der Waals surface area (Å²) in [6, 6.07) is 11.7. The lowest BCUT2D eigenvalue weighted by atomic mass is 10.3. The zero-order valence-corrected chi connectivity index (χ0v) is 17.2. The van der Waals surface area contributed by atoms with E-state index in [9.17, 15) is 18.4 Å². The zero-order valence-electron chi connectivity index (χ0n) is 16.3. The van der Waals surface area contributed by atoms with Crippen molar-refractivity contribution in [3.8, 4) is 0 Å². The Morgan fingerprint density at radius 2 is 1.55 bits per heavy atom. The second-order valence-electron chi connectivity index (χ2n) is 6.32. The van der Waals surface area contributed by atoms with E-state index in [1.807, 2.05) is 0 Å². The van der Waals surface area contributed by atoms with Gasteiger partial charge in [0.05, 0.1) is 23.5 Å². The van der Waals surface area contributed by atoms with E-state index in [4.69, 9.17) is 0 Å². The Labute approximate surface area is 181 Å². The van der Waals surface area contributed by atoms with Gasteiger partial charge in [0.25, 0.3) is 0 Å². The summed E-state index contributed by atoms with van der Waals surface area (Å²) in [6.07, 6.45) is 1.46. The number of nitrogens with one attached hydrogen (secondary N) is 2. The quantitative estimate of drug-likeness (QED) is 0.389. The number of para-hydroxylation sites is 2. The fourth-order valence-corrected chi connectivity index (χ4v) is 3.42. The van der Waals surface area contributed by atoms with Gasteiger partial charge in [-0.2, -0.15) is 0 Å². The Morgan fingerprint density at radius 1 is 0.968 bits per heavy atom. The van der Waals surface area contributed by atoms with Gasteiger partial charge >= 0.3 is 0 Å². The second-order valence-corrected chi connectivity index (χ2v) is 7.26. The van der Waals surface area contributed by atoms with Crippen LogP contribution in [-0.2, 0) is 22.6 Å². The number of allylic oxidation sites excluding steroid dienone is 1. The lowest BCUT2D eigenvalue weighted by Crippen LogP contribution is -2.19. The highest BCUT2D eigenvalue weighted by molar-refractivity contribution is 7.99. The lowest BCUT2D eigenvalue weighted by molar-refractivity contribution is -0.116. The van der Waals surface area contributed by atoms with Gasteiger partial charge in [-0.3, -0.25) is 9.59 Å². The van der Waals surface area contributed by atoms with Crippen LogP contribution in [0, 0.1) is 11.6 Å². The molecule has 0 saturated carbocycles. The largest absolute Gasteiger partial charge is 0.323 e. The fourth-order valence-electron chi connectivity index (χ4n) is 2.65. The van der Waals surface area contributed by atoms with Crippen molar-refractivity contribution >= 4 is 35.0 Å². The van der Waals surface area contributed by atoms with E-state index in [-0.39, 0.29) is 23.5 Å². The number of thioether (sulfide) groups is 1. The number of aromatic nitrogens is 3. The average molecular weight is 443 g/mol. The number of hydrogen-bond acceptors (Lipinski definition) is 5. The van der Waals surface area contributed by atoms with E-state index in [0.717, 1.165) is 11.8 Å². The number of rotatable bonds is 9. The Kier molecular flexibility index (Phi) is 7.50.